The van der Waals surface area contributed by atoms with Gasteiger partial charge < -0.3 is 9.47 Å². The predicted octanol–water partition coefficient (Wildman–Crippen LogP) is 6.06. The zero-order chi connectivity index (χ0) is 25.6. The Morgan fingerprint density at radius 3 is 1.69 bits per heavy atom. The van der Waals surface area contributed by atoms with Crippen molar-refractivity contribution in [3.8, 4) is 11.5 Å². The van der Waals surface area contributed by atoms with Crippen LogP contribution in [0.3, 0.4) is 0 Å². The summed E-state index contributed by atoms with van der Waals surface area (Å²) in [4.78, 5) is 13.6. The molecule has 0 fully saturated rings. The Morgan fingerprint density at radius 1 is 0.686 bits per heavy atom. The fraction of sp³-hybridized carbons (Fsp3) is 0.364. The maximum Gasteiger partial charge on any atom is 0.462 e. The third-order valence-electron chi connectivity index (χ3n) is 4.62. The van der Waals surface area contributed by atoms with E-state index in [9.17, 15) is 30.7 Å². The van der Waals surface area contributed by atoms with Crippen molar-refractivity contribution in [2.75, 3.05) is 0 Å². The average Bonchev–Trinajstić information content (AvgIpc) is 2.80. The second-order valence-corrected chi connectivity index (χ2v) is 7.41. The standard InChI is InChI=1S/C22H19F7N4O2/c1-2-3-4-5-6-13-9-30-19(31-10-13)22(28,29)35-15-11-32-20(33-12-15)21(26,27)34-14-7-16(23)18(25)17(24)8-14/h7-12H,2-6H2,1H3. The molecule has 0 saturated heterocycles. The molecule has 0 saturated carbocycles. The minimum Gasteiger partial charge on any atom is -0.426 e. The van der Waals surface area contributed by atoms with E-state index >= 15 is 0 Å². The lowest BCUT2D eigenvalue weighted by Crippen LogP contribution is -2.27. The quantitative estimate of drug-likeness (QED) is 0.180. The number of ether oxygens (including phenoxy) is 2. The topological polar surface area (TPSA) is 70.0 Å². The highest BCUT2D eigenvalue weighted by atomic mass is 19.3. The summed E-state index contributed by atoms with van der Waals surface area (Å²) in [6, 6.07) is 0.391. The first-order valence-corrected chi connectivity index (χ1v) is 10.4. The number of aryl methyl sites for hydroxylation is 1. The first-order valence-electron chi connectivity index (χ1n) is 10.4. The molecule has 188 valence electrons. The Balaban J connectivity index is 1.65. The van der Waals surface area contributed by atoms with Gasteiger partial charge in [-0.3, -0.25) is 0 Å². The van der Waals surface area contributed by atoms with Crippen LogP contribution in [0, 0.1) is 17.5 Å². The molecule has 6 nitrogen and oxygen atoms in total. The van der Waals surface area contributed by atoms with Crippen molar-refractivity contribution in [1.82, 2.24) is 19.9 Å². The van der Waals surface area contributed by atoms with E-state index in [2.05, 4.69) is 36.3 Å². The van der Waals surface area contributed by atoms with Gasteiger partial charge in [-0.25, -0.2) is 33.1 Å². The molecular formula is C22H19F7N4O2. The average molecular weight is 504 g/mol. The van der Waals surface area contributed by atoms with Crippen molar-refractivity contribution >= 4 is 0 Å². The molecule has 0 bridgehead atoms. The lowest BCUT2D eigenvalue weighted by Gasteiger charge is -2.18. The second-order valence-electron chi connectivity index (χ2n) is 7.41. The molecule has 0 amide bonds. The summed E-state index contributed by atoms with van der Waals surface area (Å²) in [5.74, 6) is -9.41. The van der Waals surface area contributed by atoms with Crippen molar-refractivity contribution in [3.05, 3.63) is 71.6 Å². The molecule has 3 rings (SSSR count). The number of benzene rings is 1. The summed E-state index contributed by atoms with van der Waals surface area (Å²) in [6.07, 6.45) is -0.203. The minimum absolute atomic E-state index is 0.195. The fourth-order valence-electron chi connectivity index (χ4n) is 2.89. The summed E-state index contributed by atoms with van der Waals surface area (Å²) in [5, 5.41) is 0. The van der Waals surface area contributed by atoms with Crippen molar-refractivity contribution in [3.63, 3.8) is 0 Å². The summed E-state index contributed by atoms with van der Waals surface area (Å²) < 4.78 is 105. The zero-order valence-corrected chi connectivity index (χ0v) is 18.3. The number of aromatic nitrogens is 4. The van der Waals surface area contributed by atoms with Gasteiger partial charge in [0.2, 0.25) is 11.6 Å². The monoisotopic (exact) mass is 504 g/mol. The van der Waals surface area contributed by atoms with E-state index in [-0.39, 0.29) is 12.1 Å². The first-order chi connectivity index (χ1) is 16.5. The summed E-state index contributed by atoms with van der Waals surface area (Å²) in [7, 11) is 0. The first kappa shape index (κ1) is 26.1. The third-order valence-corrected chi connectivity index (χ3v) is 4.62. The van der Waals surface area contributed by atoms with Crippen LogP contribution in [0.2, 0.25) is 0 Å². The minimum atomic E-state index is -4.34. The largest absolute Gasteiger partial charge is 0.462 e. The van der Waals surface area contributed by atoms with Gasteiger partial charge in [0.25, 0.3) is 0 Å². The fourth-order valence-corrected chi connectivity index (χ4v) is 2.89. The van der Waals surface area contributed by atoms with E-state index in [1.807, 2.05) is 0 Å². The maximum absolute atomic E-state index is 14.4. The molecule has 0 aliphatic rings. The SMILES string of the molecule is CCCCCCc1cnc(C(F)(F)Oc2cnc(C(F)(F)Oc3cc(F)c(F)c(F)c3)nc2)nc1. The molecule has 0 spiro atoms. The van der Waals surface area contributed by atoms with Crippen molar-refractivity contribution in [1.29, 1.82) is 0 Å². The maximum atomic E-state index is 14.4. The lowest BCUT2D eigenvalue weighted by atomic mass is 10.1. The van der Waals surface area contributed by atoms with Gasteiger partial charge in [0.15, 0.2) is 23.2 Å². The van der Waals surface area contributed by atoms with Crippen LogP contribution < -0.4 is 9.47 Å². The Kier molecular flexibility index (Phi) is 8.07. The van der Waals surface area contributed by atoms with Gasteiger partial charge in [-0.15, -0.1) is 0 Å². The number of unbranched alkanes of at least 4 members (excludes halogenated alkanes) is 3. The number of alkyl halides is 4. The van der Waals surface area contributed by atoms with Gasteiger partial charge in [0.1, 0.15) is 5.75 Å². The van der Waals surface area contributed by atoms with E-state index in [4.69, 9.17) is 0 Å². The molecule has 0 radical (unpaired) electrons. The number of nitrogens with zero attached hydrogens (tertiary/aromatic N) is 4. The van der Waals surface area contributed by atoms with Crippen LogP contribution in [0.5, 0.6) is 11.5 Å². The van der Waals surface area contributed by atoms with Crippen molar-refractivity contribution in [2.24, 2.45) is 0 Å². The smallest absolute Gasteiger partial charge is 0.426 e. The molecule has 0 unspecified atom stereocenters. The van der Waals surface area contributed by atoms with E-state index < -0.39 is 52.8 Å². The summed E-state index contributed by atoms with van der Waals surface area (Å²) in [6.45, 7) is 2.07. The molecule has 3 aromatic rings. The molecule has 2 heterocycles. The molecular weight excluding hydrogens is 485 g/mol. The number of halogens is 7. The predicted molar refractivity (Wildman–Crippen MR) is 107 cm³/mol. The highest BCUT2D eigenvalue weighted by Gasteiger charge is 2.41. The number of hydrogen-bond acceptors (Lipinski definition) is 6. The number of hydrogen-bond donors (Lipinski definition) is 0. The van der Waals surface area contributed by atoms with Gasteiger partial charge >= 0.3 is 12.2 Å². The van der Waals surface area contributed by atoms with E-state index in [0.717, 1.165) is 25.7 Å². The summed E-state index contributed by atoms with van der Waals surface area (Å²) in [5.41, 5.74) is 0.677. The van der Waals surface area contributed by atoms with Crippen LogP contribution in [-0.4, -0.2) is 19.9 Å². The lowest BCUT2D eigenvalue weighted by molar-refractivity contribution is -0.195. The second kappa shape index (κ2) is 10.8. The van der Waals surface area contributed by atoms with Crippen LogP contribution >= 0.6 is 0 Å². The van der Waals surface area contributed by atoms with Crippen LogP contribution in [0.25, 0.3) is 0 Å². The Morgan fingerprint density at radius 2 is 1.17 bits per heavy atom. The highest BCUT2D eigenvalue weighted by molar-refractivity contribution is 5.26. The number of rotatable bonds is 11. The van der Waals surface area contributed by atoms with E-state index in [0.29, 0.717) is 24.4 Å². The van der Waals surface area contributed by atoms with Crippen LogP contribution in [-0.2, 0) is 18.6 Å². The highest BCUT2D eigenvalue weighted by Crippen LogP contribution is 2.33. The normalized spacial score (nSPS) is 12.0. The Hall–Kier alpha value is -3.51. The van der Waals surface area contributed by atoms with Crippen LogP contribution in [0.15, 0.2) is 36.9 Å². The van der Waals surface area contributed by atoms with Crippen molar-refractivity contribution in [2.45, 2.75) is 51.2 Å². The molecule has 1 aromatic carbocycles. The molecule has 35 heavy (non-hydrogen) atoms. The van der Waals surface area contributed by atoms with Gasteiger partial charge in [-0.2, -0.15) is 17.6 Å². The molecule has 13 heteroatoms. The molecule has 2 aromatic heterocycles. The van der Waals surface area contributed by atoms with Gasteiger partial charge in [-0.05, 0) is 18.4 Å². The molecule has 0 atom stereocenters. The van der Waals surface area contributed by atoms with Crippen molar-refractivity contribution < 1.29 is 40.2 Å². The molecule has 0 aliphatic heterocycles. The third kappa shape index (κ3) is 6.76. The van der Waals surface area contributed by atoms with Crippen LogP contribution in [0.4, 0.5) is 30.7 Å². The Labute approximate surface area is 195 Å². The van der Waals surface area contributed by atoms with Gasteiger partial charge in [-0.1, -0.05) is 26.2 Å². The van der Waals surface area contributed by atoms with E-state index in [1.54, 1.807) is 0 Å². The molecule has 0 aliphatic carbocycles. The van der Waals surface area contributed by atoms with Gasteiger partial charge in [0, 0.05) is 24.5 Å². The van der Waals surface area contributed by atoms with Crippen LogP contribution in [0.1, 0.15) is 49.8 Å². The Bertz CT molecular complexity index is 1110. The van der Waals surface area contributed by atoms with E-state index in [1.165, 1.54) is 12.4 Å². The summed E-state index contributed by atoms with van der Waals surface area (Å²) >= 11 is 0. The molecule has 0 N–H and O–H groups in total. The van der Waals surface area contributed by atoms with Gasteiger partial charge in [0.05, 0.1) is 12.4 Å². The zero-order valence-electron chi connectivity index (χ0n) is 18.3.